The lowest BCUT2D eigenvalue weighted by Crippen LogP contribution is -2.35. The first-order chi connectivity index (χ1) is 8.40. The summed E-state index contributed by atoms with van der Waals surface area (Å²) < 4.78 is 1.06. The van der Waals surface area contributed by atoms with E-state index in [1.54, 1.807) is 0 Å². The predicted molar refractivity (Wildman–Crippen MR) is 74.2 cm³/mol. The minimum Gasteiger partial charge on any atom is -0.481 e. The van der Waals surface area contributed by atoms with Crippen molar-refractivity contribution in [3.05, 3.63) is 33.4 Å². The van der Waals surface area contributed by atoms with Crippen molar-refractivity contribution >= 4 is 34.5 Å². The van der Waals surface area contributed by atoms with Crippen LogP contribution in [-0.4, -0.2) is 28.2 Å². The van der Waals surface area contributed by atoms with E-state index in [9.17, 15) is 9.59 Å². The maximum Gasteiger partial charge on any atom is 0.320 e. The zero-order valence-electron chi connectivity index (χ0n) is 9.54. The molecule has 0 aromatic heterocycles. The van der Waals surface area contributed by atoms with Gasteiger partial charge in [0, 0.05) is 3.57 Å². The first-order valence-corrected chi connectivity index (χ1v) is 6.43. The molecule has 6 heteroatoms. The molecule has 0 saturated carbocycles. The number of rotatable bonds is 6. The van der Waals surface area contributed by atoms with Crippen LogP contribution in [0.4, 0.5) is 0 Å². The Morgan fingerprint density at radius 2 is 1.72 bits per heavy atom. The van der Waals surface area contributed by atoms with E-state index in [1.807, 2.05) is 24.3 Å². The molecule has 0 radical (unpaired) electrons. The molecular weight excluding hydrogens is 349 g/mol. The highest BCUT2D eigenvalue weighted by molar-refractivity contribution is 14.1. The van der Waals surface area contributed by atoms with Crippen molar-refractivity contribution in [2.75, 3.05) is 0 Å². The Labute approximate surface area is 118 Å². The van der Waals surface area contributed by atoms with Crippen LogP contribution in [0.1, 0.15) is 12.0 Å². The van der Waals surface area contributed by atoms with Gasteiger partial charge in [0.05, 0.1) is 5.92 Å². The van der Waals surface area contributed by atoms with Gasteiger partial charge in [0.1, 0.15) is 6.04 Å². The average Bonchev–Trinajstić information content (AvgIpc) is 2.30. The highest BCUT2D eigenvalue weighted by Crippen LogP contribution is 2.16. The van der Waals surface area contributed by atoms with Gasteiger partial charge in [0.25, 0.3) is 0 Å². The molecule has 0 unspecified atom stereocenters. The largest absolute Gasteiger partial charge is 0.481 e. The molecule has 0 heterocycles. The summed E-state index contributed by atoms with van der Waals surface area (Å²) in [5, 5.41) is 17.8. The number of nitrogens with two attached hydrogens (primary N) is 1. The van der Waals surface area contributed by atoms with E-state index in [1.165, 1.54) is 0 Å². The normalized spacial score (nSPS) is 13.9. The molecule has 1 aromatic carbocycles. The van der Waals surface area contributed by atoms with E-state index in [4.69, 9.17) is 15.9 Å². The highest BCUT2D eigenvalue weighted by atomic mass is 127. The third-order valence-electron chi connectivity index (χ3n) is 2.60. The van der Waals surface area contributed by atoms with Crippen LogP contribution in [0.2, 0.25) is 0 Å². The molecule has 2 atom stereocenters. The number of carbonyl (C=O) groups is 2. The third kappa shape index (κ3) is 4.61. The maximum absolute atomic E-state index is 11.1. The fourth-order valence-corrected chi connectivity index (χ4v) is 1.94. The van der Waals surface area contributed by atoms with Gasteiger partial charge in [0.2, 0.25) is 0 Å². The van der Waals surface area contributed by atoms with Crippen LogP contribution in [0.15, 0.2) is 24.3 Å². The van der Waals surface area contributed by atoms with Crippen LogP contribution in [0.3, 0.4) is 0 Å². The molecule has 0 fully saturated rings. The molecule has 0 amide bonds. The summed E-state index contributed by atoms with van der Waals surface area (Å²) in [6.45, 7) is 0. The monoisotopic (exact) mass is 363 g/mol. The lowest BCUT2D eigenvalue weighted by atomic mass is 9.93. The van der Waals surface area contributed by atoms with Gasteiger partial charge in [-0.1, -0.05) is 12.1 Å². The summed E-state index contributed by atoms with van der Waals surface area (Å²) in [5.41, 5.74) is 6.23. The Kier molecular flexibility index (Phi) is 5.54. The van der Waals surface area contributed by atoms with Crippen LogP contribution >= 0.6 is 22.6 Å². The zero-order valence-corrected chi connectivity index (χ0v) is 11.7. The van der Waals surface area contributed by atoms with Crippen molar-refractivity contribution in [1.29, 1.82) is 0 Å². The summed E-state index contributed by atoms with van der Waals surface area (Å²) in [6, 6.07) is 6.29. The van der Waals surface area contributed by atoms with Gasteiger partial charge in [-0.25, -0.2) is 0 Å². The van der Waals surface area contributed by atoms with Crippen molar-refractivity contribution < 1.29 is 19.8 Å². The summed E-state index contributed by atoms with van der Waals surface area (Å²) in [4.78, 5) is 21.7. The summed E-state index contributed by atoms with van der Waals surface area (Å²) in [7, 11) is 0. The molecule has 0 aliphatic heterocycles. The van der Waals surface area contributed by atoms with Crippen molar-refractivity contribution in [3.63, 3.8) is 0 Å². The topological polar surface area (TPSA) is 101 Å². The van der Waals surface area contributed by atoms with Crippen molar-refractivity contribution in [1.82, 2.24) is 0 Å². The number of halogens is 1. The number of benzene rings is 1. The lowest BCUT2D eigenvalue weighted by molar-refractivity contribution is -0.143. The summed E-state index contributed by atoms with van der Waals surface area (Å²) >= 11 is 2.16. The summed E-state index contributed by atoms with van der Waals surface area (Å²) in [6.07, 6.45) is 0.212. The molecule has 0 aliphatic carbocycles. The quantitative estimate of drug-likeness (QED) is 0.663. The molecule has 98 valence electrons. The van der Waals surface area contributed by atoms with E-state index in [0.29, 0.717) is 0 Å². The Bertz CT molecular complexity index is 432. The van der Waals surface area contributed by atoms with Gasteiger partial charge in [-0.05, 0) is 53.1 Å². The van der Waals surface area contributed by atoms with E-state index in [-0.39, 0.29) is 12.8 Å². The average molecular weight is 363 g/mol. The van der Waals surface area contributed by atoms with Gasteiger partial charge in [0.15, 0.2) is 0 Å². The minimum absolute atomic E-state index is 0.0728. The van der Waals surface area contributed by atoms with Crippen LogP contribution in [0.25, 0.3) is 0 Å². The molecule has 1 rings (SSSR count). The summed E-state index contributed by atoms with van der Waals surface area (Å²) in [5.74, 6) is -2.98. The Balaban J connectivity index is 2.71. The number of aliphatic carboxylic acids is 2. The molecule has 0 bridgehead atoms. The fourth-order valence-electron chi connectivity index (χ4n) is 1.58. The maximum atomic E-state index is 11.1. The Hall–Kier alpha value is -1.15. The lowest BCUT2D eigenvalue weighted by Gasteiger charge is -2.14. The second kappa shape index (κ2) is 6.69. The zero-order chi connectivity index (χ0) is 13.7. The molecule has 1 aromatic rings. The molecule has 0 spiro atoms. The Morgan fingerprint density at radius 1 is 1.17 bits per heavy atom. The second-order valence-electron chi connectivity index (χ2n) is 4.05. The van der Waals surface area contributed by atoms with Crippen LogP contribution < -0.4 is 5.73 Å². The second-order valence-corrected chi connectivity index (χ2v) is 5.29. The van der Waals surface area contributed by atoms with Gasteiger partial charge in [-0.3, -0.25) is 9.59 Å². The fraction of sp³-hybridized carbons (Fsp3) is 0.333. The third-order valence-corrected chi connectivity index (χ3v) is 3.32. The molecule has 0 saturated heterocycles. The highest BCUT2D eigenvalue weighted by Gasteiger charge is 2.24. The van der Waals surface area contributed by atoms with Crippen molar-refractivity contribution in [2.24, 2.45) is 11.7 Å². The minimum atomic E-state index is -1.18. The van der Waals surface area contributed by atoms with E-state index in [2.05, 4.69) is 22.6 Å². The van der Waals surface area contributed by atoms with Crippen LogP contribution in [0, 0.1) is 9.49 Å². The van der Waals surface area contributed by atoms with Crippen molar-refractivity contribution in [3.8, 4) is 0 Å². The first kappa shape index (κ1) is 14.9. The van der Waals surface area contributed by atoms with Crippen molar-refractivity contribution in [2.45, 2.75) is 18.9 Å². The molecular formula is C12H14INO4. The smallest absolute Gasteiger partial charge is 0.320 e. The van der Waals surface area contributed by atoms with Crippen LogP contribution in [-0.2, 0) is 16.0 Å². The first-order valence-electron chi connectivity index (χ1n) is 5.35. The molecule has 5 nitrogen and oxygen atoms in total. The number of hydrogen-bond acceptors (Lipinski definition) is 3. The molecule has 18 heavy (non-hydrogen) atoms. The van der Waals surface area contributed by atoms with E-state index < -0.39 is 23.9 Å². The van der Waals surface area contributed by atoms with Crippen LogP contribution in [0.5, 0.6) is 0 Å². The van der Waals surface area contributed by atoms with Gasteiger partial charge in [-0.15, -0.1) is 0 Å². The van der Waals surface area contributed by atoms with Gasteiger partial charge >= 0.3 is 11.9 Å². The van der Waals surface area contributed by atoms with E-state index >= 15 is 0 Å². The van der Waals surface area contributed by atoms with Gasteiger partial charge in [-0.2, -0.15) is 0 Å². The number of carboxylic acid groups (broad SMARTS) is 2. The molecule has 4 N–H and O–H groups in total. The van der Waals surface area contributed by atoms with E-state index in [0.717, 1.165) is 9.13 Å². The number of hydrogen-bond donors (Lipinski definition) is 3. The standard InChI is InChI=1S/C12H14INO4/c13-9-3-1-7(2-4-9)5-8(11(15)16)6-10(14)12(17)18/h1-4,8,10H,5-6,14H2,(H,15,16)(H,17,18)/t8-,10-/m0/s1. The predicted octanol–water partition coefficient (Wildman–Crippen LogP) is 1.34. The SMILES string of the molecule is N[C@@H](C[C@H](Cc1ccc(I)cc1)C(=O)O)C(=O)O. The molecule has 0 aliphatic rings. The Morgan fingerprint density at radius 3 is 2.17 bits per heavy atom. The van der Waals surface area contributed by atoms with Gasteiger partial charge < -0.3 is 15.9 Å². The number of carboxylic acids is 2.